The minimum atomic E-state index is -1.12. The summed E-state index contributed by atoms with van der Waals surface area (Å²) in [5.41, 5.74) is 1.15. The van der Waals surface area contributed by atoms with Crippen molar-refractivity contribution in [3.05, 3.63) is 76.3 Å². The minimum Gasteiger partial charge on any atom is -0.315 e. The third kappa shape index (κ3) is 2.24. The molecule has 1 amide bonds. The van der Waals surface area contributed by atoms with Gasteiger partial charge in [-0.2, -0.15) is 5.54 Å². The number of carbonyl (C=O) groups is 1. The van der Waals surface area contributed by atoms with Crippen LogP contribution in [0.15, 0.2) is 59.5 Å². The van der Waals surface area contributed by atoms with Crippen molar-refractivity contribution in [1.82, 2.24) is 10.1 Å². The maximum Gasteiger partial charge on any atom is 0.284 e. The number of hydrogen-bond acceptors (Lipinski definition) is 2. The molecular weight excluding hydrogens is 290 g/mol. The SMILES string of the molecule is O=C(NF)c1cn(-c2ccc(F)cc2)c2ccccc2c1=O. The Labute approximate surface area is 123 Å². The maximum absolute atomic E-state index is 13.1. The van der Waals surface area contributed by atoms with Gasteiger partial charge in [-0.25, -0.2) is 4.39 Å². The highest BCUT2D eigenvalue weighted by molar-refractivity contribution is 5.97. The van der Waals surface area contributed by atoms with Crippen molar-refractivity contribution in [2.24, 2.45) is 0 Å². The predicted octanol–water partition coefficient (Wildman–Crippen LogP) is 2.74. The fourth-order valence-electron chi connectivity index (χ4n) is 2.31. The van der Waals surface area contributed by atoms with Crippen LogP contribution in [-0.2, 0) is 0 Å². The van der Waals surface area contributed by atoms with Crippen molar-refractivity contribution in [3.63, 3.8) is 0 Å². The Kier molecular flexibility index (Phi) is 3.42. The molecule has 0 radical (unpaired) electrons. The lowest BCUT2D eigenvalue weighted by Crippen LogP contribution is -2.24. The summed E-state index contributed by atoms with van der Waals surface area (Å²) in [6.45, 7) is 0. The topological polar surface area (TPSA) is 51.1 Å². The van der Waals surface area contributed by atoms with E-state index in [2.05, 4.69) is 0 Å². The highest BCUT2D eigenvalue weighted by Crippen LogP contribution is 2.18. The van der Waals surface area contributed by atoms with E-state index in [9.17, 15) is 18.5 Å². The number of pyridine rings is 1. The molecule has 1 N–H and O–H groups in total. The Morgan fingerprint density at radius 3 is 2.41 bits per heavy atom. The van der Waals surface area contributed by atoms with Gasteiger partial charge in [0.15, 0.2) is 0 Å². The molecule has 6 heteroatoms. The molecule has 0 saturated heterocycles. The molecule has 1 aromatic heterocycles. The summed E-state index contributed by atoms with van der Waals surface area (Å²) >= 11 is 0. The molecule has 0 unspecified atom stereocenters. The van der Waals surface area contributed by atoms with Gasteiger partial charge >= 0.3 is 0 Å². The van der Waals surface area contributed by atoms with Crippen LogP contribution in [0.3, 0.4) is 0 Å². The average Bonchev–Trinajstić information content (AvgIpc) is 2.56. The highest BCUT2D eigenvalue weighted by atomic mass is 19.2. The van der Waals surface area contributed by atoms with E-state index in [-0.39, 0.29) is 10.9 Å². The summed E-state index contributed by atoms with van der Waals surface area (Å²) in [7, 11) is 0. The lowest BCUT2D eigenvalue weighted by Gasteiger charge is -2.12. The zero-order chi connectivity index (χ0) is 15.7. The minimum absolute atomic E-state index is 0.271. The second-order valence-electron chi connectivity index (χ2n) is 4.66. The van der Waals surface area contributed by atoms with Crippen molar-refractivity contribution in [2.75, 3.05) is 0 Å². The molecule has 0 aliphatic carbocycles. The first kappa shape index (κ1) is 13.9. The van der Waals surface area contributed by atoms with Crippen LogP contribution in [-0.4, -0.2) is 10.5 Å². The summed E-state index contributed by atoms with van der Waals surface area (Å²) in [4.78, 5) is 23.8. The van der Waals surface area contributed by atoms with Crippen LogP contribution in [0.1, 0.15) is 10.4 Å². The van der Waals surface area contributed by atoms with Crippen LogP contribution >= 0.6 is 0 Å². The molecular formula is C16H10F2N2O2. The number of rotatable bonds is 2. The molecule has 0 fully saturated rings. The van der Waals surface area contributed by atoms with Crippen LogP contribution in [0.4, 0.5) is 8.87 Å². The van der Waals surface area contributed by atoms with Crippen LogP contribution in [0.25, 0.3) is 16.6 Å². The Hall–Kier alpha value is -3.02. The molecule has 110 valence electrons. The number of halogens is 2. The van der Waals surface area contributed by atoms with Gasteiger partial charge in [0.05, 0.1) is 5.52 Å². The van der Waals surface area contributed by atoms with Crippen molar-refractivity contribution in [3.8, 4) is 5.69 Å². The lowest BCUT2D eigenvalue weighted by atomic mass is 10.1. The van der Waals surface area contributed by atoms with Gasteiger partial charge in [-0.05, 0) is 36.4 Å². The molecule has 0 aliphatic rings. The molecule has 2 aromatic carbocycles. The first-order valence-electron chi connectivity index (χ1n) is 6.43. The van der Waals surface area contributed by atoms with Gasteiger partial charge in [0.1, 0.15) is 11.4 Å². The fourth-order valence-corrected chi connectivity index (χ4v) is 2.31. The van der Waals surface area contributed by atoms with E-state index in [0.717, 1.165) is 5.54 Å². The average molecular weight is 300 g/mol. The summed E-state index contributed by atoms with van der Waals surface area (Å²) in [5, 5.41) is 0.271. The smallest absolute Gasteiger partial charge is 0.284 e. The van der Waals surface area contributed by atoms with E-state index in [4.69, 9.17) is 0 Å². The normalized spacial score (nSPS) is 10.6. The van der Waals surface area contributed by atoms with Gasteiger partial charge in [-0.15, -0.1) is 0 Å². The van der Waals surface area contributed by atoms with E-state index in [1.54, 1.807) is 28.8 Å². The van der Waals surface area contributed by atoms with Gasteiger partial charge < -0.3 is 4.57 Å². The van der Waals surface area contributed by atoms with E-state index >= 15 is 0 Å². The molecule has 0 saturated carbocycles. The Morgan fingerprint density at radius 1 is 1.05 bits per heavy atom. The standard InChI is InChI=1S/C16H10F2N2O2/c17-10-5-7-11(8-6-10)20-9-13(16(22)19-18)15(21)12-3-1-2-4-14(12)20/h1-9H,(H,19,22). The van der Waals surface area contributed by atoms with Gasteiger partial charge in [-0.1, -0.05) is 16.6 Å². The van der Waals surface area contributed by atoms with Crippen molar-refractivity contribution in [1.29, 1.82) is 0 Å². The van der Waals surface area contributed by atoms with Crippen LogP contribution in [0.5, 0.6) is 0 Å². The molecule has 0 bridgehead atoms. The first-order valence-corrected chi connectivity index (χ1v) is 6.43. The van der Waals surface area contributed by atoms with E-state index in [0.29, 0.717) is 11.2 Å². The number of nitrogens with one attached hydrogen (secondary N) is 1. The third-order valence-electron chi connectivity index (χ3n) is 3.35. The molecule has 22 heavy (non-hydrogen) atoms. The quantitative estimate of drug-likeness (QED) is 0.740. The number of para-hydroxylation sites is 1. The molecule has 4 nitrogen and oxygen atoms in total. The number of fused-ring (bicyclic) bond motifs is 1. The molecule has 0 atom stereocenters. The Bertz CT molecular complexity index is 918. The molecule has 0 spiro atoms. The van der Waals surface area contributed by atoms with Crippen molar-refractivity contribution in [2.45, 2.75) is 0 Å². The molecule has 0 aliphatic heterocycles. The van der Waals surface area contributed by atoms with E-state index in [1.165, 1.54) is 30.5 Å². The van der Waals surface area contributed by atoms with Gasteiger partial charge in [0.25, 0.3) is 5.91 Å². The summed E-state index contributed by atoms with van der Waals surface area (Å²) in [6.07, 6.45) is 1.24. The number of amides is 1. The van der Waals surface area contributed by atoms with Crippen molar-refractivity contribution >= 4 is 16.8 Å². The number of nitrogens with zero attached hydrogens (tertiary/aromatic N) is 1. The van der Waals surface area contributed by atoms with Crippen LogP contribution in [0, 0.1) is 5.82 Å². The van der Waals surface area contributed by atoms with E-state index < -0.39 is 17.2 Å². The Balaban J connectivity index is 2.38. The Morgan fingerprint density at radius 2 is 1.73 bits per heavy atom. The van der Waals surface area contributed by atoms with Crippen LogP contribution < -0.4 is 11.0 Å². The van der Waals surface area contributed by atoms with E-state index in [1.807, 2.05) is 0 Å². The molecule has 1 heterocycles. The molecule has 3 aromatic rings. The first-order chi connectivity index (χ1) is 10.6. The number of aromatic nitrogens is 1. The summed E-state index contributed by atoms with van der Waals surface area (Å²) < 4.78 is 27.1. The van der Waals surface area contributed by atoms with Crippen LogP contribution in [0.2, 0.25) is 0 Å². The second-order valence-corrected chi connectivity index (χ2v) is 4.66. The van der Waals surface area contributed by atoms with Crippen molar-refractivity contribution < 1.29 is 13.7 Å². The monoisotopic (exact) mass is 300 g/mol. The zero-order valence-corrected chi connectivity index (χ0v) is 11.2. The third-order valence-corrected chi connectivity index (χ3v) is 3.35. The second kappa shape index (κ2) is 5.40. The summed E-state index contributed by atoms with van der Waals surface area (Å²) in [5.74, 6) is -1.53. The maximum atomic E-state index is 13.1. The fraction of sp³-hybridized carbons (Fsp3) is 0. The number of hydrogen-bond donors (Lipinski definition) is 1. The van der Waals surface area contributed by atoms with Gasteiger partial charge in [0, 0.05) is 17.3 Å². The zero-order valence-electron chi connectivity index (χ0n) is 11.2. The number of benzene rings is 2. The lowest BCUT2D eigenvalue weighted by molar-refractivity contribution is 0.0858. The largest absolute Gasteiger partial charge is 0.315 e. The van der Waals surface area contributed by atoms with Gasteiger partial charge in [-0.3, -0.25) is 9.59 Å². The highest BCUT2D eigenvalue weighted by Gasteiger charge is 2.15. The number of carbonyl (C=O) groups excluding carboxylic acids is 1. The summed E-state index contributed by atoms with van der Waals surface area (Å²) in [6, 6.07) is 12.2. The molecule has 3 rings (SSSR count). The predicted molar refractivity (Wildman–Crippen MR) is 78.1 cm³/mol. The van der Waals surface area contributed by atoms with Gasteiger partial charge in [0.2, 0.25) is 5.43 Å².